The monoisotopic (exact) mass is 493 g/mol. The van der Waals surface area contributed by atoms with E-state index in [9.17, 15) is 5.11 Å². The van der Waals surface area contributed by atoms with Crippen LogP contribution in [0.1, 0.15) is 19.4 Å². The molecule has 1 N–H and O–H groups in total. The van der Waals surface area contributed by atoms with Crippen molar-refractivity contribution in [1.29, 1.82) is 0 Å². The number of aliphatic hydroxyl groups is 1. The second kappa shape index (κ2) is 10.5. The number of nitrogens with zero attached hydrogens (tertiary/aromatic N) is 3. The molecule has 0 amide bonds. The molecule has 0 fully saturated rings. The van der Waals surface area contributed by atoms with Gasteiger partial charge in [0.05, 0.1) is 17.5 Å². The minimum Gasteiger partial charge on any atom is -0.393 e. The first-order chi connectivity index (χ1) is 17.6. The van der Waals surface area contributed by atoms with Crippen LogP contribution in [0.3, 0.4) is 0 Å². The molecule has 0 saturated heterocycles. The number of benzene rings is 3. The largest absolute Gasteiger partial charge is 0.393 e. The molecular formula is C31H28ClN3O. The van der Waals surface area contributed by atoms with Gasteiger partial charge in [0.2, 0.25) is 0 Å². The van der Waals surface area contributed by atoms with Crippen LogP contribution in [0, 0.1) is 0 Å². The molecule has 5 aromatic rings. The average molecular weight is 494 g/mol. The summed E-state index contributed by atoms with van der Waals surface area (Å²) in [4.78, 5) is 9.51. The molecule has 3 aromatic carbocycles. The summed E-state index contributed by atoms with van der Waals surface area (Å²) in [5, 5.41) is 11.1. The SMILES string of the molecule is CCn1c(-c2c(CC(C)O)cccc2-c2ccccc2)nc(-c2ccncc2)c1-c1ccc(Cl)cc1. The fourth-order valence-corrected chi connectivity index (χ4v) is 4.90. The van der Waals surface area contributed by atoms with Gasteiger partial charge in [0.1, 0.15) is 5.82 Å². The van der Waals surface area contributed by atoms with E-state index in [2.05, 4.69) is 46.8 Å². The zero-order valence-electron chi connectivity index (χ0n) is 20.4. The summed E-state index contributed by atoms with van der Waals surface area (Å²) in [6.07, 6.45) is 3.65. The lowest BCUT2D eigenvalue weighted by Gasteiger charge is -2.18. The topological polar surface area (TPSA) is 50.9 Å². The molecule has 2 aromatic heterocycles. The molecule has 0 aliphatic rings. The van der Waals surface area contributed by atoms with E-state index in [0.29, 0.717) is 11.4 Å². The quantitative estimate of drug-likeness (QED) is 0.255. The van der Waals surface area contributed by atoms with E-state index in [0.717, 1.165) is 57.1 Å². The summed E-state index contributed by atoms with van der Waals surface area (Å²) in [5.74, 6) is 0.879. The molecule has 5 rings (SSSR count). The van der Waals surface area contributed by atoms with E-state index in [1.807, 2.05) is 61.5 Å². The number of pyridine rings is 1. The molecule has 180 valence electrons. The molecule has 2 heterocycles. The molecule has 4 nitrogen and oxygen atoms in total. The Morgan fingerprint density at radius 2 is 1.56 bits per heavy atom. The second-order valence-electron chi connectivity index (χ2n) is 8.88. The molecule has 36 heavy (non-hydrogen) atoms. The number of hydrogen-bond donors (Lipinski definition) is 1. The van der Waals surface area contributed by atoms with Crippen LogP contribution in [-0.2, 0) is 13.0 Å². The van der Waals surface area contributed by atoms with Crippen LogP contribution >= 0.6 is 11.6 Å². The van der Waals surface area contributed by atoms with Crippen molar-refractivity contribution in [3.05, 3.63) is 108 Å². The lowest BCUT2D eigenvalue weighted by molar-refractivity contribution is 0.195. The predicted molar refractivity (Wildman–Crippen MR) is 148 cm³/mol. The molecule has 0 aliphatic carbocycles. The van der Waals surface area contributed by atoms with Crippen LogP contribution in [0.5, 0.6) is 0 Å². The van der Waals surface area contributed by atoms with Gasteiger partial charge in [-0.25, -0.2) is 4.98 Å². The van der Waals surface area contributed by atoms with Crippen molar-refractivity contribution < 1.29 is 5.11 Å². The Hall–Kier alpha value is -3.73. The summed E-state index contributed by atoms with van der Waals surface area (Å²) in [5.41, 5.74) is 8.28. The highest BCUT2D eigenvalue weighted by molar-refractivity contribution is 6.30. The standard InChI is InChI=1S/C31H28ClN3O/c1-3-35-30(24-12-14-26(32)15-13-24)29(23-16-18-33-19-17-23)34-31(35)28-25(20-21(2)36)10-7-11-27(28)22-8-5-4-6-9-22/h4-19,21,36H,3,20H2,1-2H3. The molecule has 0 aliphatic heterocycles. The number of halogens is 1. The van der Waals surface area contributed by atoms with Crippen molar-refractivity contribution in [2.24, 2.45) is 0 Å². The molecular weight excluding hydrogens is 466 g/mol. The highest BCUT2D eigenvalue weighted by Crippen LogP contribution is 2.41. The van der Waals surface area contributed by atoms with E-state index in [-0.39, 0.29) is 0 Å². The first kappa shape index (κ1) is 24.0. The molecule has 0 spiro atoms. The maximum Gasteiger partial charge on any atom is 0.142 e. The third-order valence-corrected chi connectivity index (χ3v) is 6.58. The number of imidazole rings is 1. The molecule has 0 radical (unpaired) electrons. The van der Waals surface area contributed by atoms with Gasteiger partial charge in [0, 0.05) is 40.7 Å². The summed E-state index contributed by atoms with van der Waals surface area (Å²) in [6, 6.07) is 28.5. The van der Waals surface area contributed by atoms with Crippen molar-refractivity contribution in [2.45, 2.75) is 32.9 Å². The molecule has 0 bridgehead atoms. The van der Waals surface area contributed by atoms with Crippen LogP contribution in [0.15, 0.2) is 97.3 Å². The van der Waals surface area contributed by atoms with Gasteiger partial charge >= 0.3 is 0 Å². The third-order valence-electron chi connectivity index (χ3n) is 6.33. The molecule has 0 saturated carbocycles. The Morgan fingerprint density at radius 3 is 2.22 bits per heavy atom. The van der Waals surface area contributed by atoms with Gasteiger partial charge in [-0.2, -0.15) is 0 Å². The lowest BCUT2D eigenvalue weighted by Crippen LogP contribution is -2.08. The summed E-state index contributed by atoms with van der Waals surface area (Å²) in [7, 11) is 0. The number of rotatable bonds is 7. The Kier molecular flexibility index (Phi) is 6.99. The maximum absolute atomic E-state index is 10.4. The van der Waals surface area contributed by atoms with Crippen molar-refractivity contribution in [3.8, 4) is 45.0 Å². The van der Waals surface area contributed by atoms with Gasteiger partial charge in [-0.3, -0.25) is 4.98 Å². The summed E-state index contributed by atoms with van der Waals surface area (Å²) >= 11 is 6.23. The zero-order chi connectivity index (χ0) is 25.1. The minimum absolute atomic E-state index is 0.477. The van der Waals surface area contributed by atoms with Gasteiger partial charge in [-0.05, 0) is 61.2 Å². The first-order valence-corrected chi connectivity index (χ1v) is 12.6. The summed E-state index contributed by atoms with van der Waals surface area (Å²) < 4.78 is 2.27. The lowest BCUT2D eigenvalue weighted by atomic mass is 9.92. The number of aromatic nitrogens is 3. The van der Waals surface area contributed by atoms with Gasteiger partial charge in [-0.1, -0.05) is 72.3 Å². The van der Waals surface area contributed by atoms with E-state index in [4.69, 9.17) is 16.6 Å². The van der Waals surface area contributed by atoms with E-state index in [1.165, 1.54) is 0 Å². The van der Waals surface area contributed by atoms with Crippen LogP contribution < -0.4 is 0 Å². The Balaban J connectivity index is 1.85. The van der Waals surface area contributed by atoms with Crippen molar-refractivity contribution in [2.75, 3.05) is 0 Å². The van der Waals surface area contributed by atoms with Gasteiger partial charge in [0.15, 0.2) is 0 Å². The normalized spacial score (nSPS) is 12.0. The fraction of sp³-hybridized carbons (Fsp3) is 0.161. The van der Waals surface area contributed by atoms with Crippen LogP contribution in [0.2, 0.25) is 5.02 Å². The second-order valence-corrected chi connectivity index (χ2v) is 9.31. The first-order valence-electron chi connectivity index (χ1n) is 12.2. The highest BCUT2D eigenvalue weighted by atomic mass is 35.5. The van der Waals surface area contributed by atoms with Crippen LogP contribution in [0.25, 0.3) is 45.0 Å². The minimum atomic E-state index is -0.477. The number of aliphatic hydroxyl groups excluding tert-OH is 1. The maximum atomic E-state index is 10.4. The van der Waals surface area contributed by atoms with Crippen LogP contribution in [0.4, 0.5) is 0 Å². The molecule has 5 heteroatoms. The Labute approximate surface area is 216 Å². The smallest absolute Gasteiger partial charge is 0.142 e. The van der Waals surface area contributed by atoms with Crippen molar-refractivity contribution in [3.63, 3.8) is 0 Å². The average Bonchev–Trinajstić information content (AvgIpc) is 3.29. The fourth-order valence-electron chi connectivity index (χ4n) is 4.77. The highest BCUT2D eigenvalue weighted by Gasteiger charge is 2.24. The summed E-state index contributed by atoms with van der Waals surface area (Å²) in [6.45, 7) is 4.69. The van der Waals surface area contributed by atoms with Crippen molar-refractivity contribution in [1.82, 2.24) is 14.5 Å². The van der Waals surface area contributed by atoms with Gasteiger partial charge in [0.25, 0.3) is 0 Å². The van der Waals surface area contributed by atoms with E-state index >= 15 is 0 Å². The van der Waals surface area contributed by atoms with Gasteiger partial charge in [-0.15, -0.1) is 0 Å². The Morgan fingerprint density at radius 1 is 0.833 bits per heavy atom. The van der Waals surface area contributed by atoms with Crippen LogP contribution in [-0.4, -0.2) is 25.7 Å². The zero-order valence-corrected chi connectivity index (χ0v) is 21.2. The van der Waals surface area contributed by atoms with Crippen molar-refractivity contribution >= 4 is 11.6 Å². The molecule has 1 unspecified atom stereocenters. The predicted octanol–water partition coefficient (Wildman–Crippen LogP) is 7.54. The molecule has 1 atom stereocenters. The van der Waals surface area contributed by atoms with E-state index in [1.54, 1.807) is 12.4 Å². The van der Waals surface area contributed by atoms with Gasteiger partial charge < -0.3 is 9.67 Å². The third kappa shape index (κ3) is 4.70. The number of hydrogen-bond acceptors (Lipinski definition) is 3. The Bertz CT molecular complexity index is 1460. The van der Waals surface area contributed by atoms with E-state index < -0.39 is 6.10 Å².